The van der Waals surface area contributed by atoms with E-state index in [1.54, 1.807) is 0 Å². The number of nitrogens with one attached hydrogen (secondary N) is 4. The molecule has 0 spiro atoms. The molecule has 0 aromatic rings. The molecule has 6 N–H and O–H groups in total. The van der Waals surface area contributed by atoms with Crippen LogP contribution in [0.5, 0.6) is 0 Å². The van der Waals surface area contributed by atoms with Crippen LogP contribution < -0.4 is 21.3 Å². The Hall–Kier alpha value is -2.57. The summed E-state index contributed by atoms with van der Waals surface area (Å²) in [4.78, 5) is 69.1. The van der Waals surface area contributed by atoms with Gasteiger partial charge >= 0.3 is 11.9 Å². The lowest BCUT2D eigenvalue weighted by atomic mass is 10.0. The van der Waals surface area contributed by atoms with Crippen molar-refractivity contribution in [2.75, 3.05) is 63.7 Å². The van der Waals surface area contributed by atoms with Crippen molar-refractivity contribution in [2.45, 2.75) is 95.9 Å². The molecule has 0 unspecified atom stereocenters. The normalized spacial score (nSPS) is 11.4. The molecule has 15 nitrogen and oxygen atoms in total. The lowest BCUT2D eigenvalue weighted by Crippen LogP contribution is -2.41. The van der Waals surface area contributed by atoms with Gasteiger partial charge in [-0.3, -0.25) is 24.0 Å². The van der Waals surface area contributed by atoms with E-state index in [4.69, 9.17) is 19.3 Å². The first-order valence-corrected chi connectivity index (χ1v) is 18.0. The van der Waals surface area contributed by atoms with Crippen LogP contribution in [0.1, 0.15) is 89.9 Å². The molecule has 0 radical (unpaired) electrons. The summed E-state index contributed by atoms with van der Waals surface area (Å²) in [5.74, 6) is -2.97. The van der Waals surface area contributed by atoms with Crippen LogP contribution in [0.4, 0.5) is 0 Å². The monoisotopic (exact) mass is 786 g/mol. The number of aliphatic carboxylic acids is 2. The third kappa shape index (κ3) is 31.8. The zero-order chi connectivity index (χ0) is 35.0. The molecule has 0 heterocycles. The number of amides is 4. The average Bonchev–Trinajstić information content (AvgIpc) is 3.03. The van der Waals surface area contributed by atoms with E-state index in [1.807, 2.05) is 22.6 Å². The number of carboxylic acid groups (broad SMARTS) is 2. The Morgan fingerprint density at radius 3 is 1.53 bits per heavy atom. The van der Waals surface area contributed by atoms with Gasteiger partial charge in [-0.2, -0.15) is 0 Å². The molecule has 0 fully saturated rings. The van der Waals surface area contributed by atoms with Crippen LogP contribution in [0, 0.1) is 0 Å². The quantitative estimate of drug-likeness (QED) is 0.0321. The molecular weight excluding hydrogens is 731 g/mol. The van der Waals surface area contributed by atoms with Crippen LogP contribution in [0.3, 0.4) is 0 Å². The van der Waals surface area contributed by atoms with Gasteiger partial charge in [-0.15, -0.1) is 0 Å². The molecule has 0 aromatic heterocycles. The summed E-state index contributed by atoms with van der Waals surface area (Å²) in [5, 5.41) is 28.5. The van der Waals surface area contributed by atoms with Crippen molar-refractivity contribution < 1.29 is 53.2 Å². The molecule has 16 heteroatoms. The highest BCUT2D eigenvalue weighted by atomic mass is 127. The van der Waals surface area contributed by atoms with E-state index in [1.165, 1.54) is 0 Å². The van der Waals surface area contributed by atoms with Crippen LogP contribution >= 0.6 is 22.6 Å². The number of carbonyl (C=O) groups is 6. The number of rotatable bonds is 33. The maximum absolute atomic E-state index is 12.2. The van der Waals surface area contributed by atoms with Crippen molar-refractivity contribution >= 4 is 58.2 Å². The molecular formula is C31H55IN4O11. The lowest BCUT2D eigenvalue weighted by molar-refractivity contribution is -0.142. The predicted molar refractivity (Wildman–Crippen MR) is 182 cm³/mol. The SMILES string of the molecule is O=C(O)CCCCCCCCCCCCC(=O)N[C@@H](CCC(=O)NCCOCCOCC(=O)NCCOCCNC(=O)CI)C(=O)O. The Bertz CT molecular complexity index is 896. The molecule has 0 aromatic carbocycles. The van der Waals surface area contributed by atoms with Crippen molar-refractivity contribution in [3.8, 4) is 0 Å². The van der Waals surface area contributed by atoms with Gasteiger partial charge < -0.3 is 45.7 Å². The molecule has 1 atom stereocenters. The first-order chi connectivity index (χ1) is 22.6. The van der Waals surface area contributed by atoms with E-state index in [-0.39, 0.29) is 82.3 Å². The van der Waals surface area contributed by atoms with Crippen LogP contribution in [0.15, 0.2) is 0 Å². The maximum Gasteiger partial charge on any atom is 0.326 e. The highest BCUT2D eigenvalue weighted by molar-refractivity contribution is 14.1. The van der Waals surface area contributed by atoms with Crippen LogP contribution in [-0.4, -0.2) is 116 Å². The number of alkyl halides is 1. The van der Waals surface area contributed by atoms with Crippen molar-refractivity contribution in [2.24, 2.45) is 0 Å². The van der Waals surface area contributed by atoms with Crippen molar-refractivity contribution in [3.05, 3.63) is 0 Å². The molecule has 0 rings (SSSR count). The lowest BCUT2D eigenvalue weighted by Gasteiger charge is -2.14. The van der Waals surface area contributed by atoms with Gasteiger partial charge in [-0.05, 0) is 19.3 Å². The van der Waals surface area contributed by atoms with Gasteiger partial charge in [0.05, 0.1) is 37.5 Å². The van der Waals surface area contributed by atoms with Crippen molar-refractivity contribution in [1.29, 1.82) is 0 Å². The van der Waals surface area contributed by atoms with Gasteiger partial charge in [0.1, 0.15) is 12.6 Å². The summed E-state index contributed by atoms with van der Waals surface area (Å²) in [6.07, 6.45) is 10.1. The third-order valence-corrected chi connectivity index (χ3v) is 7.46. The van der Waals surface area contributed by atoms with Gasteiger partial charge in [-0.25, -0.2) is 4.79 Å². The van der Waals surface area contributed by atoms with Gasteiger partial charge in [0, 0.05) is 38.9 Å². The highest BCUT2D eigenvalue weighted by Crippen LogP contribution is 2.12. The molecule has 0 aliphatic heterocycles. The Labute approximate surface area is 291 Å². The zero-order valence-electron chi connectivity index (χ0n) is 27.5. The number of halogens is 1. The first kappa shape index (κ1) is 44.4. The Balaban J connectivity index is 3.71. The fourth-order valence-electron chi connectivity index (χ4n) is 4.24. The van der Waals surface area contributed by atoms with E-state index >= 15 is 0 Å². The van der Waals surface area contributed by atoms with Gasteiger partial charge in [0.2, 0.25) is 23.6 Å². The summed E-state index contributed by atoms with van der Waals surface area (Å²) in [6.45, 7) is 2.12. The van der Waals surface area contributed by atoms with E-state index in [9.17, 15) is 33.9 Å². The van der Waals surface area contributed by atoms with Gasteiger partial charge in [0.15, 0.2) is 0 Å². The summed E-state index contributed by atoms with van der Waals surface area (Å²) < 4.78 is 16.3. The second-order valence-corrected chi connectivity index (χ2v) is 11.6. The minimum atomic E-state index is -1.19. The highest BCUT2D eigenvalue weighted by Gasteiger charge is 2.20. The fourth-order valence-corrected chi connectivity index (χ4v) is 4.51. The first-order valence-electron chi connectivity index (χ1n) is 16.5. The zero-order valence-corrected chi connectivity index (χ0v) is 29.7. The number of carboxylic acids is 2. The molecule has 47 heavy (non-hydrogen) atoms. The molecule has 0 aliphatic carbocycles. The van der Waals surface area contributed by atoms with Crippen LogP contribution in [0.2, 0.25) is 0 Å². The average molecular weight is 787 g/mol. The maximum atomic E-state index is 12.2. The molecule has 0 bridgehead atoms. The Morgan fingerprint density at radius 2 is 1.00 bits per heavy atom. The van der Waals surface area contributed by atoms with Crippen molar-refractivity contribution in [3.63, 3.8) is 0 Å². The number of hydrogen-bond donors (Lipinski definition) is 6. The Morgan fingerprint density at radius 1 is 0.532 bits per heavy atom. The fraction of sp³-hybridized carbons (Fsp3) is 0.806. The number of ether oxygens (including phenoxy) is 3. The summed E-state index contributed by atoms with van der Waals surface area (Å²) in [5.41, 5.74) is 0. The second kappa shape index (κ2) is 32.0. The van der Waals surface area contributed by atoms with E-state index in [2.05, 4.69) is 21.3 Å². The van der Waals surface area contributed by atoms with Crippen LogP contribution in [-0.2, 0) is 43.0 Å². The van der Waals surface area contributed by atoms with Gasteiger partial charge in [0.25, 0.3) is 0 Å². The molecule has 0 aliphatic rings. The Kier molecular flexibility index (Phi) is 30.3. The summed E-state index contributed by atoms with van der Waals surface area (Å²) in [6, 6.07) is -1.14. The molecule has 0 saturated carbocycles. The third-order valence-electron chi connectivity index (χ3n) is 6.77. The summed E-state index contributed by atoms with van der Waals surface area (Å²) >= 11 is 1.97. The van der Waals surface area contributed by atoms with Crippen LogP contribution in [0.25, 0.3) is 0 Å². The minimum Gasteiger partial charge on any atom is -0.481 e. The number of unbranched alkanes of at least 4 members (excludes halogenated alkanes) is 9. The van der Waals surface area contributed by atoms with E-state index in [0.717, 1.165) is 57.8 Å². The minimum absolute atomic E-state index is 0.0248. The molecule has 272 valence electrons. The summed E-state index contributed by atoms with van der Waals surface area (Å²) in [7, 11) is 0. The van der Waals surface area contributed by atoms with E-state index < -0.39 is 18.0 Å². The van der Waals surface area contributed by atoms with E-state index in [0.29, 0.717) is 37.2 Å². The predicted octanol–water partition coefficient (Wildman–Crippen LogP) is 1.94. The smallest absolute Gasteiger partial charge is 0.326 e. The molecule has 0 saturated heterocycles. The molecule has 4 amide bonds. The number of hydrogen-bond acceptors (Lipinski definition) is 9. The second-order valence-electron chi connectivity index (χ2n) is 10.9. The topological polar surface area (TPSA) is 219 Å². The largest absolute Gasteiger partial charge is 0.481 e. The standard InChI is InChI=1S/C31H55IN4O11/c32-23-28(39)34-16-18-45-19-17-35-29(40)24-47-22-21-46-20-15-33-26(37)14-13-25(31(43)44)36-27(38)11-9-7-5-3-1-2-4-6-8-10-12-30(41)42/h25H,1-24H2,(H,33,37)(H,34,39)(H,35,40)(H,36,38)(H,41,42)(H,43,44)/t25-/m0/s1. The van der Waals surface area contributed by atoms with Gasteiger partial charge in [-0.1, -0.05) is 74.0 Å². The number of carbonyl (C=O) groups excluding carboxylic acids is 4. The van der Waals surface area contributed by atoms with Crippen molar-refractivity contribution in [1.82, 2.24) is 21.3 Å².